The molecule has 1 N–H and O–H groups in total. The first-order chi connectivity index (χ1) is 15.0. The molecular weight excluding hydrogens is 441 g/mol. The fourth-order valence-corrected chi connectivity index (χ4v) is 3.80. The largest absolute Gasteiger partial charge is 0.454 e. The summed E-state index contributed by atoms with van der Waals surface area (Å²) < 4.78 is 49.9. The van der Waals surface area contributed by atoms with Gasteiger partial charge in [-0.15, -0.1) is 11.8 Å². The van der Waals surface area contributed by atoms with Gasteiger partial charge in [0.25, 0.3) is 5.91 Å². The van der Waals surface area contributed by atoms with Gasteiger partial charge in [-0.25, -0.2) is 0 Å². The van der Waals surface area contributed by atoms with Crippen LogP contribution in [0.5, 0.6) is 11.5 Å². The van der Waals surface area contributed by atoms with Crippen LogP contribution in [0, 0.1) is 16.7 Å². The van der Waals surface area contributed by atoms with Crippen molar-refractivity contribution in [2.75, 3.05) is 13.0 Å². The topological polar surface area (TPSA) is 71.4 Å². The number of hydrogen-bond donors (Lipinski definition) is 1. The fraction of sp³-hybridized carbons (Fsp3) is 0.304. The number of benzene rings is 2. The molecule has 0 fully saturated rings. The fourth-order valence-electron chi connectivity index (χ4n) is 3.18. The molecular formula is C23H21F3N2O3S. The number of hydrogen-bond acceptors (Lipinski definition) is 5. The number of nitrogens with zero attached hydrogens (tertiary/aromatic N) is 1. The van der Waals surface area contributed by atoms with Crippen LogP contribution >= 0.6 is 11.8 Å². The van der Waals surface area contributed by atoms with Crippen molar-refractivity contribution in [2.24, 2.45) is 5.41 Å². The number of thioether (sulfide) groups is 1. The molecule has 32 heavy (non-hydrogen) atoms. The van der Waals surface area contributed by atoms with Crippen molar-refractivity contribution >= 4 is 23.2 Å². The van der Waals surface area contributed by atoms with Gasteiger partial charge in [0.05, 0.1) is 16.7 Å². The number of allylic oxidation sites excluding steroid dienone is 2. The molecule has 1 amide bonds. The van der Waals surface area contributed by atoms with E-state index in [0.717, 1.165) is 30.0 Å². The van der Waals surface area contributed by atoms with Crippen LogP contribution in [0.15, 0.2) is 47.0 Å². The average Bonchev–Trinajstić information content (AvgIpc) is 3.19. The Morgan fingerprint density at radius 1 is 1.09 bits per heavy atom. The highest BCUT2D eigenvalue weighted by Crippen LogP contribution is 2.38. The minimum Gasteiger partial charge on any atom is -0.454 e. The number of fused-ring (bicyclic) bond motifs is 1. The Labute approximate surface area is 188 Å². The molecule has 0 aromatic heterocycles. The number of rotatable bonds is 4. The molecule has 0 saturated carbocycles. The van der Waals surface area contributed by atoms with E-state index in [1.165, 1.54) is 0 Å². The second-order valence-electron chi connectivity index (χ2n) is 8.05. The van der Waals surface area contributed by atoms with Crippen LogP contribution in [-0.4, -0.2) is 19.0 Å². The summed E-state index contributed by atoms with van der Waals surface area (Å²) >= 11 is 1.04. The maximum absolute atomic E-state index is 13.1. The van der Waals surface area contributed by atoms with Gasteiger partial charge in [0, 0.05) is 16.0 Å². The standard InChI is InChI=1S/C23H21F3N2O3S/c1-22(2,3)20(16(11-27)13-5-8-17-18(9-13)31-12-30-17)28-21(29)15-7-6-14(23(24,25)26)10-19(15)32-4/h5-10H,12H2,1-4H3,(H,28,29). The van der Waals surface area contributed by atoms with E-state index in [1.807, 2.05) is 20.8 Å². The first-order valence-corrected chi connectivity index (χ1v) is 10.8. The summed E-state index contributed by atoms with van der Waals surface area (Å²) in [5.74, 6) is 0.450. The van der Waals surface area contributed by atoms with Crippen molar-refractivity contribution < 1.29 is 27.4 Å². The molecule has 2 aromatic rings. The number of amides is 1. The summed E-state index contributed by atoms with van der Waals surface area (Å²) in [6.07, 6.45) is -2.91. The van der Waals surface area contributed by atoms with E-state index >= 15 is 0 Å². The van der Waals surface area contributed by atoms with E-state index in [-0.39, 0.29) is 22.8 Å². The van der Waals surface area contributed by atoms with Crippen LogP contribution in [0.25, 0.3) is 5.57 Å². The van der Waals surface area contributed by atoms with E-state index in [4.69, 9.17) is 9.47 Å². The van der Waals surface area contributed by atoms with Crippen molar-refractivity contribution in [3.63, 3.8) is 0 Å². The number of nitriles is 1. The summed E-state index contributed by atoms with van der Waals surface area (Å²) in [6.45, 7) is 5.57. The monoisotopic (exact) mass is 462 g/mol. The van der Waals surface area contributed by atoms with Crippen molar-refractivity contribution in [1.82, 2.24) is 5.32 Å². The molecule has 9 heteroatoms. The van der Waals surface area contributed by atoms with Crippen molar-refractivity contribution in [3.8, 4) is 17.6 Å². The summed E-state index contributed by atoms with van der Waals surface area (Å²) in [6, 6.07) is 10.1. The zero-order valence-electron chi connectivity index (χ0n) is 17.9. The van der Waals surface area contributed by atoms with Gasteiger partial charge in [-0.3, -0.25) is 4.79 Å². The van der Waals surface area contributed by atoms with Gasteiger partial charge in [0.2, 0.25) is 6.79 Å². The number of carbonyl (C=O) groups is 1. The predicted molar refractivity (Wildman–Crippen MR) is 115 cm³/mol. The third-order valence-corrected chi connectivity index (χ3v) is 5.56. The van der Waals surface area contributed by atoms with Crippen molar-refractivity contribution in [3.05, 3.63) is 58.8 Å². The Kier molecular flexibility index (Phi) is 6.46. The maximum atomic E-state index is 13.1. The van der Waals surface area contributed by atoms with E-state index < -0.39 is 23.1 Å². The highest BCUT2D eigenvalue weighted by atomic mass is 32.2. The van der Waals surface area contributed by atoms with Gasteiger partial charge in [0.15, 0.2) is 11.5 Å². The molecule has 0 bridgehead atoms. The lowest BCUT2D eigenvalue weighted by molar-refractivity contribution is -0.137. The summed E-state index contributed by atoms with van der Waals surface area (Å²) in [7, 11) is 0. The highest BCUT2D eigenvalue weighted by molar-refractivity contribution is 7.98. The van der Waals surface area contributed by atoms with Gasteiger partial charge >= 0.3 is 6.18 Å². The van der Waals surface area contributed by atoms with Crippen molar-refractivity contribution in [1.29, 1.82) is 5.26 Å². The summed E-state index contributed by atoms with van der Waals surface area (Å²) in [5, 5.41) is 12.7. The first kappa shape index (κ1) is 23.5. The smallest absolute Gasteiger partial charge is 0.416 e. The summed E-state index contributed by atoms with van der Waals surface area (Å²) in [5.41, 5.74) is -0.293. The quantitative estimate of drug-likeness (QED) is 0.455. The zero-order valence-corrected chi connectivity index (χ0v) is 18.7. The van der Waals surface area contributed by atoms with E-state index in [2.05, 4.69) is 11.4 Å². The lowest BCUT2D eigenvalue weighted by atomic mass is 9.86. The second-order valence-corrected chi connectivity index (χ2v) is 8.89. The minimum atomic E-state index is -4.51. The van der Waals surface area contributed by atoms with Gasteiger partial charge < -0.3 is 14.8 Å². The third kappa shape index (κ3) is 4.86. The molecule has 1 heterocycles. The lowest BCUT2D eigenvalue weighted by Crippen LogP contribution is -2.31. The van der Waals surface area contributed by atoms with Gasteiger partial charge in [-0.1, -0.05) is 20.8 Å². The molecule has 168 valence electrons. The lowest BCUT2D eigenvalue weighted by Gasteiger charge is -2.26. The van der Waals surface area contributed by atoms with E-state index in [1.54, 1.807) is 24.5 Å². The number of halogens is 3. The molecule has 0 aliphatic carbocycles. The average molecular weight is 462 g/mol. The van der Waals surface area contributed by atoms with Crippen LogP contribution in [0.1, 0.15) is 42.3 Å². The molecule has 0 unspecified atom stereocenters. The second kappa shape index (κ2) is 8.79. The molecule has 0 saturated heterocycles. The van der Waals surface area contributed by atoms with Gasteiger partial charge in [0.1, 0.15) is 6.07 Å². The first-order valence-electron chi connectivity index (χ1n) is 9.57. The molecule has 5 nitrogen and oxygen atoms in total. The third-order valence-electron chi connectivity index (χ3n) is 4.79. The number of alkyl halides is 3. The Morgan fingerprint density at radius 3 is 2.38 bits per heavy atom. The number of ether oxygens (including phenoxy) is 2. The van der Waals surface area contributed by atoms with Crippen LogP contribution in [0.4, 0.5) is 13.2 Å². The van der Waals surface area contributed by atoms with Crippen LogP contribution in [-0.2, 0) is 6.18 Å². The zero-order chi connectivity index (χ0) is 23.7. The Balaban J connectivity index is 2.04. The maximum Gasteiger partial charge on any atom is 0.416 e. The van der Waals surface area contributed by atoms with Crippen LogP contribution in [0.3, 0.4) is 0 Å². The van der Waals surface area contributed by atoms with E-state index in [9.17, 15) is 23.2 Å². The SMILES string of the molecule is CSc1cc(C(F)(F)F)ccc1C(=O)NC(=C(C#N)c1ccc2c(c1)OCO2)C(C)(C)C. The molecule has 1 aliphatic rings. The molecule has 1 aliphatic heterocycles. The Morgan fingerprint density at radius 2 is 1.78 bits per heavy atom. The molecule has 2 aromatic carbocycles. The highest BCUT2D eigenvalue weighted by Gasteiger charge is 2.32. The number of nitrogens with one attached hydrogen (secondary N) is 1. The predicted octanol–water partition coefficient (Wildman–Crippen LogP) is 5.87. The molecule has 0 spiro atoms. The Hall–Kier alpha value is -3.12. The normalized spacial score (nSPS) is 13.9. The molecule has 0 atom stereocenters. The Bertz CT molecular complexity index is 1130. The van der Waals surface area contributed by atoms with Crippen LogP contribution in [0.2, 0.25) is 0 Å². The number of carbonyl (C=O) groups excluding carboxylic acids is 1. The van der Waals surface area contributed by atoms with E-state index in [0.29, 0.717) is 22.8 Å². The van der Waals surface area contributed by atoms with Gasteiger partial charge in [-0.2, -0.15) is 18.4 Å². The van der Waals surface area contributed by atoms with Crippen molar-refractivity contribution in [2.45, 2.75) is 31.8 Å². The minimum absolute atomic E-state index is 0.0820. The molecule has 3 rings (SSSR count). The summed E-state index contributed by atoms with van der Waals surface area (Å²) in [4.78, 5) is 13.3. The van der Waals surface area contributed by atoms with Crippen LogP contribution < -0.4 is 14.8 Å². The molecule has 0 radical (unpaired) electrons. The van der Waals surface area contributed by atoms with Gasteiger partial charge in [-0.05, 0) is 48.2 Å².